The lowest BCUT2D eigenvalue weighted by Gasteiger charge is -2.09. The molecule has 0 spiro atoms. The molecule has 1 aromatic carbocycles. The lowest BCUT2D eigenvalue weighted by molar-refractivity contribution is -0.113. The van der Waals surface area contributed by atoms with Crippen molar-refractivity contribution in [3.8, 4) is 17.5 Å². The largest absolute Gasteiger partial charge is 0.316 e. The average Bonchev–Trinajstić information content (AvgIpc) is 3.32. The van der Waals surface area contributed by atoms with Gasteiger partial charge in [0.2, 0.25) is 5.91 Å². The fourth-order valence-electron chi connectivity index (χ4n) is 3.59. The number of aromatic nitrogens is 3. The third-order valence-corrected chi connectivity index (χ3v) is 7.39. The Balaban J connectivity index is 1.46. The average molecular weight is 458 g/mol. The molecule has 6 nitrogen and oxygen atoms in total. The first-order valence-corrected chi connectivity index (χ1v) is 11.9. The molecule has 30 heavy (non-hydrogen) atoms. The van der Waals surface area contributed by atoms with Gasteiger partial charge in [0.05, 0.1) is 11.3 Å². The predicted molar refractivity (Wildman–Crippen MR) is 121 cm³/mol. The number of carbonyl (C=O) groups is 1. The van der Waals surface area contributed by atoms with Gasteiger partial charge in [-0.2, -0.15) is 5.26 Å². The number of hydrogen-bond acceptors (Lipinski definition) is 6. The molecule has 2 heterocycles. The number of benzene rings is 1. The van der Waals surface area contributed by atoms with Gasteiger partial charge in [0, 0.05) is 22.0 Å². The van der Waals surface area contributed by atoms with Crippen molar-refractivity contribution in [2.45, 2.75) is 44.3 Å². The Morgan fingerprint density at radius 2 is 2.20 bits per heavy atom. The molecule has 1 N–H and O–H groups in total. The molecule has 0 saturated carbocycles. The van der Waals surface area contributed by atoms with E-state index < -0.39 is 0 Å². The summed E-state index contributed by atoms with van der Waals surface area (Å²) in [6, 6.07) is 9.75. The Kier molecular flexibility index (Phi) is 6.42. The van der Waals surface area contributed by atoms with E-state index in [1.165, 1.54) is 28.0 Å². The number of nitrogens with zero attached hydrogens (tertiary/aromatic N) is 4. The minimum atomic E-state index is -0.148. The number of nitriles is 1. The van der Waals surface area contributed by atoms with Crippen LogP contribution in [-0.2, 0) is 24.2 Å². The van der Waals surface area contributed by atoms with E-state index in [2.05, 4.69) is 21.6 Å². The summed E-state index contributed by atoms with van der Waals surface area (Å²) in [5, 5.41) is 23.0. The Labute approximate surface area is 188 Å². The highest BCUT2D eigenvalue weighted by Crippen LogP contribution is 2.37. The number of fused-ring (bicyclic) bond motifs is 1. The molecule has 2 aromatic heterocycles. The van der Waals surface area contributed by atoms with Crippen LogP contribution in [0.1, 0.15) is 35.8 Å². The summed E-state index contributed by atoms with van der Waals surface area (Å²) in [6.45, 7) is 2.69. The third kappa shape index (κ3) is 4.24. The molecule has 0 saturated heterocycles. The van der Waals surface area contributed by atoms with Crippen molar-refractivity contribution >= 4 is 45.6 Å². The van der Waals surface area contributed by atoms with Crippen LogP contribution in [0.15, 0.2) is 29.4 Å². The van der Waals surface area contributed by atoms with Crippen LogP contribution in [-0.4, -0.2) is 26.4 Å². The maximum Gasteiger partial charge on any atom is 0.235 e. The summed E-state index contributed by atoms with van der Waals surface area (Å²) in [5.74, 6) is 0.770. The van der Waals surface area contributed by atoms with Gasteiger partial charge in [-0.3, -0.25) is 4.79 Å². The van der Waals surface area contributed by atoms with Crippen molar-refractivity contribution < 1.29 is 4.79 Å². The summed E-state index contributed by atoms with van der Waals surface area (Å²) in [5.41, 5.74) is 2.64. The Bertz CT molecular complexity index is 1130. The number of hydrogen-bond donors (Lipinski definition) is 1. The number of thiophene rings is 1. The number of anilines is 1. The lowest BCUT2D eigenvalue weighted by Crippen LogP contribution is -2.14. The number of aryl methyl sites for hydroxylation is 1. The van der Waals surface area contributed by atoms with E-state index in [0.717, 1.165) is 42.6 Å². The van der Waals surface area contributed by atoms with Crippen LogP contribution in [0.3, 0.4) is 0 Å². The van der Waals surface area contributed by atoms with Crippen molar-refractivity contribution in [3.63, 3.8) is 0 Å². The normalized spacial score (nSPS) is 13.0. The Morgan fingerprint density at radius 3 is 2.97 bits per heavy atom. The summed E-state index contributed by atoms with van der Waals surface area (Å²) >= 11 is 8.97. The molecule has 0 fully saturated rings. The molecule has 1 amide bonds. The van der Waals surface area contributed by atoms with Gasteiger partial charge in [-0.1, -0.05) is 35.5 Å². The SMILES string of the molecule is CCn1c(SCC(=O)Nc2sc3c(c2C#N)CCCC3)nnc1-c1cccc(Cl)c1. The molecular formula is C21H20ClN5OS2. The lowest BCUT2D eigenvalue weighted by atomic mass is 9.96. The first kappa shape index (κ1) is 20.9. The summed E-state index contributed by atoms with van der Waals surface area (Å²) in [7, 11) is 0. The van der Waals surface area contributed by atoms with E-state index in [1.807, 2.05) is 35.8 Å². The molecule has 4 rings (SSSR count). The Hall–Kier alpha value is -2.34. The predicted octanol–water partition coefficient (Wildman–Crippen LogP) is 5.16. The molecule has 154 valence electrons. The summed E-state index contributed by atoms with van der Waals surface area (Å²) < 4.78 is 1.97. The number of halogens is 1. The van der Waals surface area contributed by atoms with Crippen molar-refractivity contribution in [2.24, 2.45) is 0 Å². The van der Waals surface area contributed by atoms with Gasteiger partial charge in [-0.15, -0.1) is 21.5 Å². The first-order chi connectivity index (χ1) is 14.6. The number of carbonyl (C=O) groups excluding carboxylic acids is 1. The Morgan fingerprint density at radius 1 is 1.37 bits per heavy atom. The van der Waals surface area contributed by atoms with E-state index in [-0.39, 0.29) is 11.7 Å². The van der Waals surface area contributed by atoms with E-state index >= 15 is 0 Å². The van der Waals surface area contributed by atoms with E-state index in [0.29, 0.717) is 27.3 Å². The number of thioether (sulfide) groups is 1. The quantitative estimate of drug-likeness (QED) is 0.517. The molecule has 0 bridgehead atoms. The van der Waals surface area contributed by atoms with Crippen LogP contribution >= 0.6 is 34.7 Å². The highest BCUT2D eigenvalue weighted by atomic mass is 35.5. The van der Waals surface area contributed by atoms with Gasteiger partial charge < -0.3 is 9.88 Å². The fraction of sp³-hybridized carbons (Fsp3) is 0.333. The van der Waals surface area contributed by atoms with Crippen LogP contribution in [0.2, 0.25) is 5.02 Å². The molecule has 1 aliphatic carbocycles. The van der Waals surface area contributed by atoms with Crippen LogP contribution < -0.4 is 5.32 Å². The second-order valence-corrected chi connectivity index (χ2v) is 9.41. The van der Waals surface area contributed by atoms with Gasteiger partial charge in [0.15, 0.2) is 11.0 Å². The molecule has 0 aliphatic heterocycles. The second-order valence-electron chi connectivity index (χ2n) is 6.92. The number of rotatable bonds is 6. The minimum Gasteiger partial charge on any atom is -0.316 e. The summed E-state index contributed by atoms with van der Waals surface area (Å²) in [6.07, 6.45) is 4.16. The van der Waals surface area contributed by atoms with Gasteiger partial charge in [-0.05, 0) is 50.3 Å². The van der Waals surface area contributed by atoms with Crippen molar-refractivity contribution in [1.82, 2.24) is 14.8 Å². The minimum absolute atomic E-state index is 0.148. The molecule has 3 aromatic rings. The molecule has 0 radical (unpaired) electrons. The van der Waals surface area contributed by atoms with Gasteiger partial charge >= 0.3 is 0 Å². The van der Waals surface area contributed by atoms with E-state index in [4.69, 9.17) is 11.6 Å². The highest BCUT2D eigenvalue weighted by Gasteiger charge is 2.22. The van der Waals surface area contributed by atoms with Crippen LogP contribution in [0, 0.1) is 11.3 Å². The van der Waals surface area contributed by atoms with E-state index in [1.54, 1.807) is 0 Å². The zero-order chi connectivity index (χ0) is 21.1. The standard InChI is InChI=1S/C21H20ClN5OS2/c1-2-27-19(13-6-5-7-14(22)10-13)25-26-21(27)29-12-18(28)24-20-16(11-23)15-8-3-4-9-17(15)30-20/h5-7,10H,2-4,8-9,12H2,1H3,(H,24,28). The molecule has 0 unspecified atom stereocenters. The maximum absolute atomic E-state index is 12.6. The zero-order valence-electron chi connectivity index (χ0n) is 16.4. The van der Waals surface area contributed by atoms with Gasteiger partial charge in [-0.25, -0.2) is 0 Å². The molecule has 9 heteroatoms. The van der Waals surface area contributed by atoms with E-state index in [9.17, 15) is 10.1 Å². The summed E-state index contributed by atoms with van der Waals surface area (Å²) in [4.78, 5) is 13.8. The topological polar surface area (TPSA) is 83.6 Å². The maximum atomic E-state index is 12.6. The van der Waals surface area contributed by atoms with Crippen LogP contribution in [0.5, 0.6) is 0 Å². The van der Waals surface area contributed by atoms with Crippen molar-refractivity contribution in [2.75, 3.05) is 11.1 Å². The number of amides is 1. The molecule has 0 atom stereocenters. The highest BCUT2D eigenvalue weighted by molar-refractivity contribution is 7.99. The smallest absolute Gasteiger partial charge is 0.235 e. The molecule has 1 aliphatic rings. The zero-order valence-corrected chi connectivity index (χ0v) is 18.8. The number of nitrogens with one attached hydrogen (secondary N) is 1. The van der Waals surface area contributed by atoms with Crippen molar-refractivity contribution in [3.05, 3.63) is 45.3 Å². The first-order valence-electron chi connectivity index (χ1n) is 9.77. The van der Waals surface area contributed by atoms with Crippen LogP contribution in [0.4, 0.5) is 5.00 Å². The second kappa shape index (κ2) is 9.21. The molecular weight excluding hydrogens is 438 g/mol. The van der Waals surface area contributed by atoms with Crippen LogP contribution in [0.25, 0.3) is 11.4 Å². The van der Waals surface area contributed by atoms with Crippen molar-refractivity contribution in [1.29, 1.82) is 5.26 Å². The fourth-order valence-corrected chi connectivity index (χ4v) is 5.84. The van der Waals surface area contributed by atoms with Gasteiger partial charge in [0.1, 0.15) is 11.1 Å². The third-order valence-electron chi connectivity index (χ3n) is 4.98. The monoisotopic (exact) mass is 457 g/mol. The van der Waals surface area contributed by atoms with Gasteiger partial charge in [0.25, 0.3) is 0 Å².